The van der Waals surface area contributed by atoms with Gasteiger partial charge in [-0.15, -0.1) is 0 Å². The minimum absolute atomic E-state index is 0.139. The standard InChI is InChI=1S/C24H30N4O3S/c1-17-10-11-20(14-23(17)32(30,31)27(2)3)25-24(29)16-28-12-6-8-19(15-28)22-13-18-7-4-5-9-21(18)26-22/h4-5,7,9-11,13-14,19,26H,6,8,12,15-16H2,1-3H3,(H,25,29)/t19-/m0/s1. The number of fused-ring (bicyclic) bond motifs is 1. The molecule has 1 atom stereocenters. The fourth-order valence-electron chi connectivity index (χ4n) is 4.32. The molecule has 2 aromatic carbocycles. The van der Waals surface area contributed by atoms with E-state index in [0.717, 1.165) is 31.4 Å². The molecule has 1 saturated heterocycles. The topological polar surface area (TPSA) is 85.5 Å². The van der Waals surface area contributed by atoms with Crippen molar-refractivity contribution in [2.24, 2.45) is 0 Å². The molecule has 0 aliphatic carbocycles. The number of nitrogens with one attached hydrogen (secondary N) is 2. The van der Waals surface area contributed by atoms with Gasteiger partial charge in [-0.3, -0.25) is 9.69 Å². The monoisotopic (exact) mass is 454 g/mol. The Balaban J connectivity index is 1.42. The number of aromatic nitrogens is 1. The van der Waals surface area contributed by atoms with Crippen LogP contribution in [-0.4, -0.2) is 62.2 Å². The van der Waals surface area contributed by atoms with Crippen LogP contribution in [0.1, 0.15) is 30.0 Å². The van der Waals surface area contributed by atoms with E-state index >= 15 is 0 Å². The Morgan fingerprint density at radius 2 is 1.97 bits per heavy atom. The SMILES string of the molecule is Cc1ccc(NC(=O)CN2CCC[C@H](c3cc4ccccc4[nH]3)C2)cc1S(=O)(=O)N(C)C. The predicted molar refractivity (Wildman–Crippen MR) is 127 cm³/mol. The summed E-state index contributed by atoms with van der Waals surface area (Å²) in [6.45, 7) is 3.72. The number of benzene rings is 2. The van der Waals surface area contributed by atoms with E-state index in [4.69, 9.17) is 0 Å². The van der Waals surface area contributed by atoms with Crippen LogP contribution < -0.4 is 5.32 Å². The van der Waals surface area contributed by atoms with Gasteiger partial charge >= 0.3 is 0 Å². The van der Waals surface area contributed by atoms with Crippen LogP contribution in [0.15, 0.2) is 53.4 Å². The molecular weight excluding hydrogens is 424 g/mol. The first-order valence-electron chi connectivity index (χ1n) is 10.9. The molecule has 0 unspecified atom stereocenters. The first-order chi connectivity index (χ1) is 15.2. The van der Waals surface area contributed by atoms with Crippen LogP contribution in [0, 0.1) is 6.92 Å². The van der Waals surface area contributed by atoms with Gasteiger partial charge in [-0.05, 0) is 61.5 Å². The van der Waals surface area contributed by atoms with Crippen molar-refractivity contribution in [2.45, 2.75) is 30.6 Å². The second kappa shape index (κ2) is 9.05. The zero-order valence-corrected chi connectivity index (χ0v) is 19.6. The summed E-state index contributed by atoms with van der Waals surface area (Å²) in [4.78, 5) is 18.6. The molecule has 1 aromatic heterocycles. The zero-order chi connectivity index (χ0) is 22.9. The minimum atomic E-state index is -3.57. The fourth-order valence-corrected chi connectivity index (χ4v) is 5.47. The average Bonchev–Trinajstić information content (AvgIpc) is 3.19. The van der Waals surface area contributed by atoms with E-state index in [2.05, 4.69) is 33.4 Å². The molecule has 1 amide bonds. The van der Waals surface area contributed by atoms with Gasteiger partial charge in [-0.2, -0.15) is 0 Å². The van der Waals surface area contributed by atoms with Crippen LogP contribution >= 0.6 is 0 Å². The van der Waals surface area contributed by atoms with Crippen molar-refractivity contribution in [1.29, 1.82) is 0 Å². The van der Waals surface area contributed by atoms with Gasteiger partial charge < -0.3 is 10.3 Å². The van der Waals surface area contributed by atoms with Crippen LogP contribution in [0.5, 0.6) is 0 Å². The van der Waals surface area contributed by atoms with Crippen molar-refractivity contribution in [3.63, 3.8) is 0 Å². The van der Waals surface area contributed by atoms with E-state index in [1.54, 1.807) is 19.1 Å². The molecule has 170 valence electrons. The summed E-state index contributed by atoms with van der Waals surface area (Å²) < 4.78 is 26.3. The number of hydrogen-bond acceptors (Lipinski definition) is 4. The molecule has 1 fully saturated rings. The Kier molecular flexibility index (Phi) is 6.37. The van der Waals surface area contributed by atoms with Gasteiger partial charge in [0.15, 0.2) is 0 Å². The Hall–Kier alpha value is -2.68. The molecule has 2 heterocycles. The van der Waals surface area contributed by atoms with Gasteiger partial charge in [0.2, 0.25) is 15.9 Å². The number of amides is 1. The molecule has 0 radical (unpaired) electrons. The van der Waals surface area contributed by atoms with Crippen molar-refractivity contribution in [3.05, 3.63) is 59.8 Å². The number of rotatable bonds is 6. The maximum Gasteiger partial charge on any atom is 0.242 e. The van der Waals surface area contributed by atoms with E-state index in [9.17, 15) is 13.2 Å². The molecule has 0 bridgehead atoms. The predicted octanol–water partition coefficient (Wildman–Crippen LogP) is 3.54. The molecule has 4 rings (SSSR count). The smallest absolute Gasteiger partial charge is 0.242 e. The molecule has 0 saturated carbocycles. The number of aromatic amines is 1. The van der Waals surface area contributed by atoms with Crippen LogP contribution in [0.3, 0.4) is 0 Å². The number of nitrogens with zero attached hydrogens (tertiary/aromatic N) is 2. The van der Waals surface area contributed by atoms with Crippen molar-refractivity contribution in [1.82, 2.24) is 14.2 Å². The van der Waals surface area contributed by atoms with Gasteiger partial charge in [0, 0.05) is 43.5 Å². The Bertz CT molecular complexity index is 1200. The zero-order valence-electron chi connectivity index (χ0n) is 18.8. The number of para-hydroxylation sites is 1. The van der Waals surface area contributed by atoms with Crippen LogP contribution in [0.25, 0.3) is 10.9 Å². The molecule has 2 N–H and O–H groups in total. The van der Waals surface area contributed by atoms with Crippen LogP contribution in [0.2, 0.25) is 0 Å². The number of carbonyl (C=O) groups is 1. The Morgan fingerprint density at radius 1 is 1.19 bits per heavy atom. The van der Waals surface area contributed by atoms with Gasteiger partial charge in [0.05, 0.1) is 11.4 Å². The largest absolute Gasteiger partial charge is 0.358 e. The number of H-pyrrole nitrogens is 1. The molecular formula is C24H30N4O3S. The molecule has 1 aliphatic heterocycles. The number of sulfonamides is 1. The first-order valence-corrected chi connectivity index (χ1v) is 12.3. The Labute approximate surface area is 189 Å². The van der Waals surface area contributed by atoms with Crippen molar-refractivity contribution in [2.75, 3.05) is 39.0 Å². The minimum Gasteiger partial charge on any atom is -0.358 e. The van der Waals surface area contributed by atoms with Crippen LogP contribution in [-0.2, 0) is 14.8 Å². The molecule has 0 spiro atoms. The lowest BCUT2D eigenvalue weighted by Crippen LogP contribution is -2.39. The lowest BCUT2D eigenvalue weighted by molar-refractivity contribution is -0.117. The second-order valence-electron chi connectivity index (χ2n) is 8.70. The van der Waals surface area contributed by atoms with Gasteiger partial charge in [-0.1, -0.05) is 24.3 Å². The Morgan fingerprint density at radius 3 is 2.72 bits per heavy atom. The second-order valence-corrected chi connectivity index (χ2v) is 10.8. The molecule has 32 heavy (non-hydrogen) atoms. The molecule has 7 nitrogen and oxygen atoms in total. The average molecular weight is 455 g/mol. The molecule has 3 aromatic rings. The number of piperidine rings is 1. The summed E-state index contributed by atoms with van der Waals surface area (Å²) >= 11 is 0. The summed E-state index contributed by atoms with van der Waals surface area (Å²) in [6.07, 6.45) is 2.12. The summed E-state index contributed by atoms with van der Waals surface area (Å²) in [6, 6.07) is 15.5. The summed E-state index contributed by atoms with van der Waals surface area (Å²) in [7, 11) is -0.574. The van der Waals surface area contributed by atoms with Crippen molar-refractivity contribution < 1.29 is 13.2 Å². The summed E-state index contributed by atoms with van der Waals surface area (Å²) in [5.74, 6) is 0.222. The number of hydrogen-bond donors (Lipinski definition) is 2. The highest BCUT2D eigenvalue weighted by Gasteiger charge is 2.25. The number of aryl methyl sites for hydroxylation is 1. The van der Waals surface area contributed by atoms with Gasteiger partial charge in [0.1, 0.15) is 0 Å². The number of anilines is 1. The highest BCUT2D eigenvalue weighted by Crippen LogP contribution is 2.29. The lowest BCUT2D eigenvalue weighted by Gasteiger charge is -2.31. The third-order valence-electron chi connectivity index (χ3n) is 6.09. The number of likely N-dealkylation sites (tertiary alicyclic amines) is 1. The first kappa shape index (κ1) is 22.5. The van der Waals surface area contributed by atoms with E-state index in [1.807, 2.05) is 12.1 Å². The van der Waals surface area contributed by atoms with Crippen LogP contribution in [0.4, 0.5) is 5.69 Å². The van der Waals surface area contributed by atoms with Crippen molar-refractivity contribution >= 4 is 32.5 Å². The summed E-state index contributed by atoms with van der Waals surface area (Å²) in [5.41, 5.74) is 3.49. The highest BCUT2D eigenvalue weighted by atomic mass is 32.2. The molecule has 8 heteroatoms. The van der Waals surface area contributed by atoms with Gasteiger partial charge in [0.25, 0.3) is 0 Å². The summed E-state index contributed by atoms with van der Waals surface area (Å²) in [5, 5.41) is 4.08. The quantitative estimate of drug-likeness (QED) is 0.597. The third kappa shape index (κ3) is 4.72. The maximum absolute atomic E-state index is 12.7. The maximum atomic E-state index is 12.7. The molecule has 1 aliphatic rings. The number of carbonyl (C=O) groups excluding carboxylic acids is 1. The van der Waals surface area contributed by atoms with E-state index in [0.29, 0.717) is 17.2 Å². The highest BCUT2D eigenvalue weighted by molar-refractivity contribution is 7.89. The van der Waals surface area contributed by atoms with E-state index in [1.165, 1.54) is 35.5 Å². The normalized spacial score (nSPS) is 17.7. The van der Waals surface area contributed by atoms with E-state index in [-0.39, 0.29) is 17.3 Å². The van der Waals surface area contributed by atoms with E-state index < -0.39 is 10.0 Å². The third-order valence-corrected chi connectivity index (χ3v) is 8.05. The lowest BCUT2D eigenvalue weighted by atomic mass is 9.95. The van der Waals surface area contributed by atoms with Crippen molar-refractivity contribution in [3.8, 4) is 0 Å². The van der Waals surface area contributed by atoms with Gasteiger partial charge in [-0.25, -0.2) is 12.7 Å². The fraction of sp³-hybridized carbons (Fsp3) is 0.375.